The average molecular weight is 263 g/mol. The third-order valence-electron chi connectivity index (χ3n) is 1.64. The normalized spacial score (nSPS) is 13.2. The van der Waals surface area contributed by atoms with Crippen LogP contribution in [-0.4, -0.2) is 19.1 Å². The van der Waals surface area contributed by atoms with E-state index in [9.17, 15) is 0 Å². The second kappa shape index (κ2) is 5.75. The van der Waals surface area contributed by atoms with Gasteiger partial charge in [0.2, 0.25) is 0 Å². The van der Waals surface area contributed by atoms with Crippen molar-refractivity contribution in [1.82, 2.24) is 5.32 Å². The zero-order chi connectivity index (χ0) is 9.68. The van der Waals surface area contributed by atoms with Gasteiger partial charge in [-0.2, -0.15) is 0 Å². The van der Waals surface area contributed by atoms with Gasteiger partial charge in [-0.1, -0.05) is 0 Å². The van der Waals surface area contributed by atoms with Gasteiger partial charge < -0.3 is 11.1 Å². The topological polar surface area (TPSA) is 38.0 Å². The lowest BCUT2D eigenvalue weighted by Gasteiger charge is -2.05. The summed E-state index contributed by atoms with van der Waals surface area (Å²) in [6.07, 6.45) is 1.09. The SMILES string of the molecule is CC(N)CNCCc1cc(Br)cs1. The molecule has 74 valence electrons. The summed E-state index contributed by atoms with van der Waals surface area (Å²) in [6, 6.07) is 2.41. The van der Waals surface area contributed by atoms with Crippen LogP contribution in [0.5, 0.6) is 0 Å². The van der Waals surface area contributed by atoms with Gasteiger partial charge in [0.05, 0.1) is 0 Å². The van der Waals surface area contributed by atoms with Crippen molar-refractivity contribution in [2.24, 2.45) is 5.73 Å². The van der Waals surface area contributed by atoms with E-state index in [1.807, 2.05) is 6.92 Å². The third-order valence-corrected chi connectivity index (χ3v) is 3.39. The second-order valence-corrected chi connectivity index (χ2v) is 5.07. The van der Waals surface area contributed by atoms with Crippen LogP contribution in [0.3, 0.4) is 0 Å². The molecule has 2 nitrogen and oxygen atoms in total. The van der Waals surface area contributed by atoms with Crippen LogP contribution in [0.25, 0.3) is 0 Å². The van der Waals surface area contributed by atoms with E-state index in [-0.39, 0.29) is 6.04 Å². The molecule has 0 amide bonds. The molecule has 0 aliphatic heterocycles. The predicted molar refractivity (Wildman–Crippen MR) is 62.2 cm³/mol. The molecule has 0 fully saturated rings. The van der Waals surface area contributed by atoms with E-state index in [0.29, 0.717) is 0 Å². The van der Waals surface area contributed by atoms with Crippen molar-refractivity contribution < 1.29 is 0 Å². The summed E-state index contributed by atoms with van der Waals surface area (Å²) in [5.41, 5.74) is 5.61. The van der Waals surface area contributed by atoms with Crippen LogP contribution in [0.2, 0.25) is 0 Å². The molecule has 0 saturated carbocycles. The number of halogens is 1. The summed E-state index contributed by atoms with van der Waals surface area (Å²) in [4.78, 5) is 1.41. The summed E-state index contributed by atoms with van der Waals surface area (Å²) in [5.74, 6) is 0. The smallest absolute Gasteiger partial charge is 0.0285 e. The Morgan fingerprint density at radius 1 is 1.69 bits per heavy atom. The molecule has 0 spiro atoms. The van der Waals surface area contributed by atoms with Gasteiger partial charge in [-0.3, -0.25) is 0 Å². The van der Waals surface area contributed by atoms with Crippen molar-refractivity contribution in [2.45, 2.75) is 19.4 Å². The van der Waals surface area contributed by atoms with Crippen LogP contribution < -0.4 is 11.1 Å². The summed E-state index contributed by atoms with van der Waals surface area (Å²) < 4.78 is 1.18. The molecule has 0 aromatic carbocycles. The zero-order valence-corrected chi connectivity index (χ0v) is 10.1. The van der Waals surface area contributed by atoms with E-state index in [0.717, 1.165) is 19.5 Å². The number of hydrogen-bond acceptors (Lipinski definition) is 3. The lowest BCUT2D eigenvalue weighted by Crippen LogP contribution is -2.32. The number of nitrogens with two attached hydrogens (primary N) is 1. The van der Waals surface area contributed by atoms with Gasteiger partial charge >= 0.3 is 0 Å². The Balaban J connectivity index is 2.13. The van der Waals surface area contributed by atoms with Gasteiger partial charge in [0, 0.05) is 33.9 Å². The van der Waals surface area contributed by atoms with Crippen LogP contribution in [-0.2, 0) is 6.42 Å². The largest absolute Gasteiger partial charge is 0.327 e. The summed E-state index contributed by atoms with van der Waals surface area (Å²) in [6.45, 7) is 3.91. The lowest BCUT2D eigenvalue weighted by molar-refractivity contribution is 0.610. The molecule has 0 saturated heterocycles. The Kier molecular flexibility index (Phi) is 4.94. The van der Waals surface area contributed by atoms with Crippen LogP contribution in [0.15, 0.2) is 15.9 Å². The van der Waals surface area contributed by atoms with Crippen molar-refractivity contribution in [3.05, 3.63) is 20.8 Å². The Morgan fingerprint density at radius 3 is 3.00 bits per heavy atom. The van der Waals surface area contributed by atoms with Crippen LogP contribution >= 0.6 is 27.3 Å². The second-order valence-electron chi connectivity index (χ2n) is 3.16. The molecule has 1 unspecified atom stereocenters. The molecule has 0 aliphatic rings. The maximum atomic E-state index is 5.61. The van der Waals surface area contributed by atoms with Crippen molar-refractivity contribution in [2.75, 3.05) is 13.1 Å². The predicted octanol–water partition coefficient (Wildman–Crippen LogP) is 1.99. The quantitative estimate of drug-likeness (QED) is 0.797. The van der Waals surface area contributed by atoms with E-state index in [2.05, 4.69) is 32.7 Å². The van der Waals surface area contributed by atoms with Crippen molar-refractivity contribution >= 4 is 27.3 Å². The first kappa shape index (κ1) is 11.2. The van der Waals surface area contributed by atoms with Crippen LogP contribution in [0.1, 0.15) is 11.8 Å². The molecule has 3 N–H and O–H groups in total. The van der Waals surface area contributed by atoms with Crippen molar-refractivity contribution in [3.63, 3.8) is 0 Å². The van der Waals surface area contributed by atoms with E-state index < -0.39 is 0 Å². The Bertz CT molecular complexity index is 248. The van der Waals surface area contributed by atoms with Gasteiger partial charge in [0.25, 0.3) is 0 Å². The molecule has 1 aromatic heterocycles. The van der Waals surface area contributed by atoms with Gasteiger partial charge in [-0.05, 0) is 35.3 Å². The third kappa shape index (κ3) is 4.76. The van der Waals surface area contributed by atoms with E-state index in [1.54, 1.807) is 11.3 Å². The first-order valence-electron chi connectivity index (χ1n) is 4.37. The number of thiophene rings is 1. The molecule has 13 heavy (non-hydrogen) atoms. The molecular weight excluding hydrogens is 248 g/mol. The van der Waals surface area contributed by atoms with Gasteiger partial charge in [0.15, 0.2) is 0 Å². The Labute approximate surface area is 91.7 Å². The Morgan fingerprint density at radius 2 is 2.46 bits per heavy atom. The fraction of sp³-hybridized carbons (Fsp3) is 0.556. The molecule has 1 atom stereocenters. The minimum Gasteiger partial charge on any atom is -0.327 e. The summed E-state index contributed by atoms with van der Waals surface area (Å²) in [7, 11) is 0. The average Bonchev–Trinajstić information content (AvgIpc) is 2.45. The summed E-state index contributed by atoms with van der Waals surface area (Å²) in [5, 5.41) is 5.42. The number of hydrogen-bond donors (Lipinski definition) is 2. The molecule has 1 aromatic rings. The van der Waals surface area contributed by atoms with Crippen molar-refractivity contribution in [1.29, 1.82) is 0 Å². The van der Waals surface area contributed by atoms with E-state index >= 15 is 0 Å². The molecule has 0 aliphatic carbocycles. The molecule has 4 heteroatoms. The highest BCUT2D eigenvalue weighted by molar-refractivity contribution is 9.10. The van der Waals surface area contributed by atoms with Gasteiger partial charge in [0.1, 0.15) is 0 Å². The fourth-order valence-electron chi connectivity index (χ4n) is 1.03. The fourth-order valence-corrected chi connectivity index (χ4v) is 2.48. The monoisotopic (exact) mass is 262 g/mol. The van der Waals surface area contributed by atoms with E-state index in [4.69, 9.17) is 5.73 Å². The number of rotatable bonds is 5. The highest BCUT2D eigenvalue weighted by Crippen LogP contribution is 2.19. The first-order chi connectivity index (χ1) is 6.18. The molecule has 0 radical (unpaired) electrons. The first-order valence-corrected chi connectivity index (χ1v) is 6.05. The molecule has 1 heterocycles. The van der Waals surface area contributed by atoms with Gasteiger partial charge in [-0.25, -0.2) is 0 Å². The van der Waals surface area contributed by atoms with Crippen LogP contribution in [0.4, 0.5) is 0 Å². The molecule has 1 rings (SSSR count). The van der Waals surface area contributed by atoms with Crippen LogP contribution in [0, 0.1) is 0 Å². The maximum Gasteiger partial charge on any atom is 0.0285 e. The minimum atomic E-state index is 0.245. The standard InChI is InChI=1S/C9H15BrN2S/c1-7(11)5-12-3-2-9-4-8(10)6-13-9/h4,6-7,12H,2-3,5,11H2,1H3. The van der Waals surface area contributed by atoms with Gasteiger partial charge in [-0.15, -0.1) is 11.3 Å². The summed E-state index contributed by atoms with van der Waals surface area (Å²) >= 11 is 5.22. The lowest BCUT2D eigenvalue weighted by atomic mass is 10.3. The molecular formula is C9H15BrN2S. The number of nitrogens with one attached hydrogen (secondary N) is 1. The van der Waals surface area contributed by atoms with E-state index in [1.165, 1.54) is 9.35 Å². The van der Waals surface area contributed by atoms with Crippen molar-refractivity contribution in [3.8, 4) is 0 Å². The molecule has 0 bridgehead atoms. The maximum absolute atomic E-state index is 5.61. The zero-order valence-electron chi connectivity index (χ0n) is 7.72. The Hall–Kier alpha value is 0.1000. The highest BCUT2D eigenvalue weighted by Gasteiger charge is 1.97. The minimum absolute atomic E-state index is 0.245. The highest BCUT2D eigenvalue weighted by atomic mass is 79.9.